The first kappa shape index (κ1) is 11.5. The fourth-order valence-electron chi connectivity index (χ4n) is 2.54. The van der Waals surface area contributed by atoms with E-state index in [-0.39, 0.29) is 6.10 Å². The Balaban J connectivity index is 1.99. The van der Waals surface area contributed by atoms with E-state index in [4.69, 9.17) is 10.5 Å². The number of ether oxygens (including phenoxy) is 1. The van der Waals surface area contributed by atoms with Gasteiger partial charge >= 0.3 is 0 Å². The number of anilines is 1. The zero-order valence-electron chi connectivity index (χ0n) is 10.8. The van der Waals surface area contributed by atoms with Crippen LogP contribution in [-0.2, 0) is 11.3 Å². The highest BCUT2D eigenvalue weighted by Gasteiger charge is 2.26. The molecule has 0 amide bonds. The second-order valence-electron chi connectivity index (χ2n) is 5.00. The van der Waals surface area contributed by atoms with Crippen molar-refractivity contribution >= 4 is 17.1 Å². The van der Waals surface area contributed by atoms with Crippen LogP contribution < -0.4 is 5.73 Å². The van der Waals surface area contributed by atoms with Gasteiger partial charge < -0.3 is 10.5 Å². The van der Waals surface area contributed by atoms with Gasteiger partial charge in [0.1, 0.15) is 5.52 Å². The monoisotopic (exact) mass is 246 g/mol. The van der Waals surface area contributed by atoms with E-state index < -0.39 is 0 Å². The van der Waals surface area contributed by atoms with Crippen LogP contribution in [0.25, 0.3) is 11.2 Å². The summed E-state index contributed by atoms with van der Waals surface area (Å²) in [7, 11) is 0. The number of hydrogen-bond acceptors (Lipinski definition) is 4. The molecule has 0 saturated carbocycles. The lowest BCUT2D eigenvalue weighted by Gasteiger charge is -2.15. The van der Waals surface area contributed by atoms with Crippen molar-refractivity contribution in [3.05, 3.63) is 17.8 Å². The average molecular weight is 246 g/mol. The third kappa shape index (κ3) is 1.84. The van der Waals surface area contributed by atoms with Crippen molar-refractivity contribution in [2.75, 3.05) is 12.3 Å². The largest absolute Gasteiger partial charge is 0.378 e. The number of imidazole rings is 1. The van der Waals surface area contributed by atoms with Crippen LogP contribution in [0.3, 0.4) is 0 Å². The lowest BCUT2D eigenvalue weighted by Crippen LogP contribution is -2.19. The number of nitrogen functional groups attached to an aromatic ring is 1. The molecule has 0 bridgehead atoms. The first-order valence-electron chi connectivity index (χ1n) is 6.36. The van der Waals surface area contributed by atoms with E-state index in [0.717, 1.165) is 36.4 Å². The van der Waals surface area contributed by atoms with Crippen molar-refractivity contribution in [2.24, 2.45) is 5.92 Å². The summed E-state index contributed by atoms with van der Waals surface area (Å²) in [5, 5.41) is 0. The topological polar surface area (TPSA) is 66.0 Å². The molecule has 5 heteroatoms. The van der Waals surface area contributed by atoms with Crippen molar-refractivity contribution in [1.29, 1.82) is 0 Å². The molecule has 2 aromatic rings. The second kappa shape index (κ2) is 4.24. The number of pyridine rings is 1. The third-order valence-electron chi connectivity index (χ3n) is 3.71. The van der Waals surface area contributed by atoms with Crippen molar-refractivity contribution in [2.45, 2.75) is 32.9 Å². The summed E-state index contributed by atoms with van der Waals surface area (Å²) in [6.07, 6.45) is 1.36. The van der Waals surface area contributed by atoms with Crippen molar-refractivity contribution < 1.29 is 4.74 Å². The molecule has 1 aliphatic heterocycles. The van der Waals surface area contributed by atoms with E-state index in [1.54, 1.807) is 0 Å². The van der Waals surface area contributed by atoms with Crippen LogP contribution in [0.15, 0.2) is 12.1 Å². The van der Waals surface area contributed by atoms with Gasteiger partial charge in [-0.1, -0.05) is 0 Å². The lowest BCUT2D eigenvalue weighted by molar-refractivity contribution is 0.102. The molecule has 18 heavy (non-hydrogen) atoms. The van der Waals surface area contributed by atoms with Crippen LogP contribution in [0.4, 0.5) is 5.95 Å². The Morgan fingerprint density at radius 3 is 3.00 bits per heavy atom. The van der Waals surface area contributed by atoms with Gasteiger partial charge in [0.15, 0.2) is 5.65 Å². The predicted octanol–water partition coefficient (Wildman–Crippen LogP) is 1.75. The standard InChI is InChI=1S/C13H18N4O/c1-8-3-4-11-12(15-8)17(13(14)16-11)7-10-5-6-18-9(10)2/h3-4,9-10H,5-7H2,1-2H3,(H2,14,16). The SMILES string of the molecule is Cc1ccc2nc(N)n(CC3CCOC3C)c2n1. The van der Waals surface area contributed by atoms with E-state index >= 15 is 0 Å². The molecule has 0 radical (unpaired) electrons. The van der Waals surface area contributed by atoms with Crippen LogP contribution in [0.1, 0.15) is 19.0 Å². The molecule has 1 saturated heterocycles. The zero-order valence-corrected chi connectivity index (χ0v) is 10.8. The fraction of sp³-hybridized carbons (Fsp3) is 0.538. The lowest BCUT2D eigenvalue weighted by atomic mass is 10.0. The maximum absolute atomic E-state index is 6.00. The Labute approximate surface area is 106 Å². The molecule has 1 aliphatic rings. The Kier molecular flexibility index (Phi) is 2.70. The van der Waals surface area contributed by atoms with E-state index in [1.165, 1.54) is 0 Å². The number of aryl methyl sites for hydroxylation is 1. The first-order valence-corrected chi connectivity index (χ1v) is 6.36. The number of rotatable bonds is 2. The molecule has 2 atom stereocenters. The van der Waals surface area contributed by atoms with Crippen LogP contribution in [-0.4, -0.2) is 27.2 Å². The summed E-state index contributed by atoms with van der Waals surface area (Å²) >= 11 is 0. The highest BCUT2D eigenvalue weighted by Crippen LogP contribution is 2.25. The van der Waals surface area contributed by atoms with Crippen LogP contribution in [0.2, 0.25) is 0 Å². The van der Waals surface area contributed by atoms with E-state index in [9.17, 15) is 0 Å². The first-order chi connectivity index (χ1) is 8.65. The van der Waals surface area contributed by atoms with E-state index in [0.29, 0.717) is 11.9 Å². The number of nitrogens with two attached hydrogens (primary N) is 1. The minimum atomic E-state index is 0.284. The predicted molar refractivity (Wildman–Crippen MR) is 70.2 cm³/mol. The Hall–Kier alpha value is -1.62. The van der Waals surface area contributed by atoms with Crippen molar-refractivity contribution in [1.82, 2.24) is 14.5 Å². The molecule has 3 rings (SSSR count). The van der Waals surface area contributed by atoms with Gasteiger partial charge in [0.05, 0.1) is 6.10 Å². The number of nitrogens with zero attached hydrogens (tertiary/aromatic N) is 3. The highest BCUT2D eigenvalue weighted by molar-refractivity contribution is 5.74. The molecular formula is C13H18N4O. The molecule has 0 spiro atoms. The average Bonchev–Trinajstić information content (AvgIpc) is 2.86. The van der Waals surface area contributed by atoms with Crippen molar-refractivity contribution in [3.8, 4) is 0 Å². The number of hydrogen-bond donors (Lipinski definition) is 1. The van der Waals surface area contributed by atoms with E-state index in [2.05, 4.69) is 16.9 Å². The Bertz CT molecular complexity index is 578. The maximum Gasteiger partial charge on any atom is 0.202 e. The molecule has 0 aliphatic carbocycles. The zero-order chi connectivity index (χ0) is 12.7. The van der Waals surface area contributed by atoms with Crippen LogP contribution in [0, 0.1) is 12.8 Å². The number of fused-ring (bicyclic) bond motifs is 1. The van der Waals surface area contributed by atoms with Gasteiger partial charge in [0.2, 0.25) is 5.95 Å². The smallest absolute Gasteiger partial charge is 0.202 e. The van der Waals surface area contributed by atoms with Gasteiger partial charge in [0, 0.05) is 24.8 Å². The fourth-order valence-corrected chi connectivity index (χ4v) is 2.54. The summed E-state index contributed by atoms with van der Waals surface area (Å²) in [5.74, 6) is 1.04. The molecule has 1 fully saturated rings. The molecule has 0 aromatic carbocycles. The maximum atomic E-state index is 6.00. The molecule has 3 heterocycles. The molecule has 2 aromatic heterocycles. The second-order valence-corrected chi connectivity index (χ2v) is 5.00. The summed E-state index contributed by atoms with van der Waals surface area (Å²) < 4.78 is 7.61. The van der Waals surface area contributed by atoms with Gasteiger partial charge in [-0.15, -0.1) is 0 Å². The van der Waals surface area contributed by atoms with E-state index in [1.807, 2.05) is 23.6 Å². The van der Waals surface area contributed by atoms with Gasteiger partial charge in [0.25, 0.3) is 0 Å². The van der Waals surface area contributed by atoms with Crippen LogP contribution >= 0.6 is 0 Å². The third-order valence-corrected chi connectivity index (χ3v) is 3.71. The summed E-state index contributed by atoms with van der Waals surface area (Å²) in [5.41, 5.74) is 8.73. The number of aromatic nitrogens is 3. The minimum Gasteiger partial charge on any atom is -0.378 e. The summed E-state index contributed by atoms with van der Waals surface area (Å²) in [4.78, 5) is 8.90. The molecule has 5 nitrogen and oxygen atoms in total. The van der Waals surface area contributed by atoms with Gasteiger partial charge in [-0.05, 0) is 32.4 Å². The molecule has 2 N–H and O–H groups in total. The van der Waals surface area contributed by atoms with Crippen LogP contribution in [0.5, 0.6) is 0 Å². The quantitative estimate of drug-likeness (QED) is 0.876. The Morgan fingerprint density at radius 1 is 1.44 bits per heavy atom. The van der Waals surface area contributed by atoms with Crippen molar-refractivity contribution in [3.63, 3.8) is 0 Å². The van der Waals surface area contributed by atoms with Gasteiger partial charge in [-0.25, -0.2) is 9.97 Å². The highest BCUT2D eigenvalue weighted by atomic mass is 16.5. The van der Waals surface area contributed by atoms with Gasteiger partial charge in [-0.3, -0.25) is 4.57 Å². The van der Waals surface area contributed by atoms with Gasteiger partial charge in [-0.2, -0.15) is 0 Å². The molecular weight excluding hydrogens is 228 g/mol. The minimum absolute atomic E-state index is 0.284. The molecule has 2 unspecified atom stereocenters. The molecule has 96 valence electrons. The summed E-state index contributed by atoms with van der Waals surface area (Å²) in [6.45, 7) is 5.77. The Morgan fingerprint density at radius 2 is 2.28 bits per heavy atom. The normalized spacial score (nSPS) is 23.9. The summed E-state index contributed by atoms with van der Waals surface area (Å²) in [6, 6.07) is 3.93.